The van der Waals surface area contributed by atoms with Crippen molar-refractivity contribution in [1.82, 2.24) is 5.32 Å². The number of amides is 1. The lowest BCUT2D eigenvalue weighted by Gasteiger charge is -2.40. The van der Waals surface area contributed by atoms with E-state index in [2.05, 4.69) is 19.2 Å². The molecule has 1 amide bonds. The van der Waals surface area contributed by atoms with Crippen LogP contribution in [0.5, 0.6) is 0 Å². The molecule has 296 valence electrons. The Balaban J connectivity index is 2.40. The van der Waals surface area contributed by atoms with Crippen LogP contribution in [0.1, 0.15) is 187 Å². The predicted molar refractivity (Wildman–Crippen MR) is 203 cm³/mol. The number of nitrogens with one attached hydrogen (secondary N) is 1. The monoisotopic (exact) mass is 714 g/mol. The zero-order valence-electron chi connectivity index (χ0n) is 32.2. The maximum atomic E-state index is 12.9. The van der Waals surface area contributed by atoms with Gasteiger partial charge in [-0.3, -0.25) is 4.79 Å². The average Bonchev–Trinajstić information content (AvgIpc) is 3.11. The summed E-state index contributed by atoms with van der Waals surface area (Å²) in [7, 11) is 0. The molecule has 9 heteroatoms. The zero-order chi connectivity index (χ0) is 36.7. The number of unbranched alkanes of at least 4 members (excludes halogenated alkanes) is 24. The number of aliphatic hydroxyl groups is 5. The fraction of sp³-hybridized carbons (Fsp3) is 0.927. The summed E-state index contributed by atoms with van der Waals surface area (Å²) in [5, 5.41) is 54.0. The van der Waals surface area contributed by atoms with Crippen molar-refractivity contribution in [3.63, 3.8) is 0 Å². The van der Waals surface area contributed by atoms with Crippen molar-refractivity contribution < 1.29 is 39.8 Å². The highest BCUT2D eigenvalue weighted by Gasteiger charge is 2.44. The molecular weight excluding hydrogens is 634 g/mol. The highest BCUT2D eigenvalue weighted by atomic mass is 16.7. The van der Waals surface area contributed by atoms with Gasteiger partial charge in [0.1, 0.15) is 24.4 Å². The van der Waals surface area contributed by atoms with Gasteiger partial charge in [0.15, 0.2) is 6.29 Å². The van der Waals surface area contributed by atoms with Gasteiger partial charge in [0.25, 0.3) is 0 Å². The van der Waals surface area contributed by atoms with Crippen LogP contribution in [-0.2, 0) is 14.3 Å². The number of carbonyl (C=O) groups excluding carboxylic acids is 1. The van der Waals surface area contributed by atoms with Gasteiger partial charge in [-0.2, -0.15) is 0 Å². The molecule has 1 saturated heterocycles. The average molecular weight is 714 g/mol. The van der Waals surface area contributed by atoms with E-state index < -0.39 is 49.5 Å². The second-order valence-corrected chi connectivity index (χ2v) is 14.8. The van der Waals surface area contributed by atoms with Crippen molar-refractivity contribution in [3.05, 3.63) is 12.2 Å². The quantitative estimate of drug-likeness (QED) is 0.0293. The van der Waals surface area contributed by atoms with E-state index in [0.29, 0.717) is 6.42 Å². The van der Waals surface area contributed by atoms with Gasteiger partial charge in [0.2, 0.25) is 5.91 Å². The summed E-state index contributed by atoms with van der Waals surface area (Å²) < 4.78 is 11.2. The molecule has 0 radical (unpaired) electrons. The minimum Gasteiger partial charge on any atom is -0.394 e. The summed E-state index contributed by atoms with van der Waals surface area (Å²) in [6.45, 7) is 3.76. The first-order valence-corrected chi connectivity index (χ1v) is 20.9. The Morgan fingerprint density at radius 1 is 0.660 bits per heavy atom. The second-order valence-electron chi connectivity index (χ2n) is 14.8. The lowest BCUT2D eigenvalue weighted by atomic mass is 9.99. The van der Waals surface area contributed by atoms with Gasteiger partial charge in [-0.15, -0.1) is 0 Å². The number of hydrogen-bond acceptors (Lipinski definition) is 8. The number of allylic oxidation sites excluding steroid dienone is 1. The molecule has 1 aliphatic heterocycles. The lowest BCUT2D eigenvalue weighted by molar-refractivity contribution is -0.302. The molecule has 6 N–H and O–H groups in total. The minimum absolute atomic E-state index is 0.177. The maximum Gasteiger partial charge on any atom is 0.220 e. The summed E-state index contributed by atoms with van der Waals surface area (Å²) in [5.74, 6) is -0.177. The fourth-order valence-corrected chi connectivity index (χ4v) is 6.68. The molecule has 1 heterocycles. The Bertz CT molecular complexity index is 797. The van der Waals surface area contributed by atoms with Crippen molar-refractivity contribution in [2.24, 2.45) is 0 Å². The Morgan fingerprint density at radius 2 is 1.10 bits per heavy atom. The molecule has 2 unspecified atom stereocenters. The van der Waals surface area contributed by atoms with Gasteiger partial charge >= 0.3 is 0 Å². The third-order valence-corrected chi connectivity index (χ3v) is 10.1. The van der Waals surface area contributed by atoms with Crippen molar-refractivity contribution in [3.8, 4) is 0 Å². The van der Waals surface area contributed by atoms with E-state index >= 15 is 0 Å². The van der Waals surface area contributed by atoms with Gasteiger partial charge in [-0.1, -0.05) is 174 Å². The zero-order valence-corrected chi connectivity index (χ0v) is 32.2. The van der Waals surface area contributed by atoms with E-state index in [1.54, 1.807) is 6.08 Å². The summed E-state index contributed by atoms with van der Waals surface area (Å²) in [6, 6.07) is -0.796. The van der Waals surface area contributed by atoms with Gasteiger partial charge < -0.3 is 40.3 Å². The van der Waals surface area contributed by atoms with Gasteiger partial charge in [-0.25, -0.2) is 0 Å². The van der Waals surface area contributed by atoms with Gasteiger partial charge in [0, 0.05) is 6.42 Å². The fourth-order valence-electron chi connectivity index (χ4n) is 6.68. The topological polar surface area (TPSA) is 149 Å². The molecule has 1 aliphatic rings. The van der Waals surface area contributed by atoms with E-state index in [1.807, 2.05) is 6.08 Å². The number of carbonyl (C=O) groups is 1. The number of ether oxygens (including phenoxy) is 2. The summed E-state index contributed by atoms with van der Waals surface area (Å²) >= 11 is 0. The maximum absolute atomic E-state index is 12.9. The van der Waals surface area contributed by atoms with E-state index in [9.17, 15) is 30.3 Å². The molecule has 0 bridgehead atoms. The standard InChI is InChI=1S/C41H79NO8/c1-3-5-7-9-11-13-15-17-18-19-21-23-25-27-29-31-37(45)42-34(33-49-41-40(48)39(47)38(46)36(32-43)50-41)35(44)30-28-26-24-22-20-16-14-12-10-8-6-4-2/h28,30,34-36,38-41,43-44,46-48H,3-27,29,31-33H2,1-2H3,(H,42,45)/b30-28+/t34-,35+,36+,38+,39?,40?,41+/m0/s1. The first kappa shape index (κ1) is 47.0. The molecule has 0 aromatic rings. The number of rotatable bonds is 34. The largest absolute Gasteiger partial charge is 0.394 e. The van der Waals surface area contributed by atoms with Gasteiger partial charge in [0.05, 0.1) is 25.4 Å². The van der Waals surface area contributed by atoms with Crippen LogP contribution < -0.4 is 5.32 Å². The molecule has 0 aromatic heterocycles. The van der Waals surface area contributed by atoms with E-state index in [-0.39, 0.29) is 12.5 Å². The van der Waals surface area contributed by atoms with Crippen molar-refractivity contribution in [2.75, 3.05) is 13.2 Å². The molecular formula is C41H79NO8. The van der Waals surface area contributed by atoms with Crippen LogP contribution in [-0.4, -0.2) is 87.5 Å². The number of hydrogen-bond donors (Lipinski definition) is 6. The van der Waals surface area contributed by atoms with Crippen molar-refractivity contribution in [2.45, 2.75) is 230 Å². The van der Waals surface area contributed by atoms with Crippen LogP contribution in [0.25, 0.3) is 0 Å². The number of aliphatic hydroxyl groups excluding tert-OH is 5. The van der Waals surface area contributed by atoms with Crippen molar-refractivity contribution >= 4 is 5.91 Å². The smallest absolute Gasteiger partial charge is 0.220 e. The van der Waals surface area contributed by atoms with Crippen LogP contribution in [0.4, 0.5) is 0 Å². The molecule has 0 saturated carbocycles. The second kappa shape index (κ2) is 32.6. The summed E-state index contributed by atoms with van der Waals surface area (Å²) in [5.41, 5.74) is 0. The molecule has 50 heavy (non-hydrogen) atoms. The SMILES string of the molecule is CCCCCCCCCCCC/C=C/[C@@H](O)[C@H](CO[C@@H]1O[C@H](CO)[C@@H](O)C(O)C1O)NC(=O)CCCCCCCCCCCCCCCCC. The first-order valence-electron chi connectivity index (χ1n) is 20.9. The molecule has 1 fully saturated rings. The predicted octanol–water partition coefficient (Wildman–Crippen LogP) is 7.78. The molecule has 9 nitrogen and oxygen atoms in total. The van der Waals surface area contributed by atoms with Crippen LogP contribution in [0, 0.1) is 0 Å². The molecule has 0 aliphatic carbocycles. The van der Waals surface area contributed by atoms with Crippen molar-refractivity contribution in [1.29, 1.82) is 0 Å². The Morgan fingerprint density at radius 3 is 1.56 bits per heavy atom. The Labute approximate surface area is 306 Å². The van der Waals surface area contributed by atoms with Crippen LogP contribution in [0.2, 0.25) is 0 Å². The van der Waals surface area contributed by atoms with Crippen LogP contribution >= 0.6 is 0 Å². The normalized spacial score (nSPS) is 22.3. The Hall–Kier alpha value is -1.07. The Kier molecular flexibility index (Phi) is 30.6. The van der Waals surface area contributed by atoms with E-state index in [1.165, 1.54) is 128 Å². The van der Waals surface area contributed by atoms with E-state index in [0.717, 1.165) is 38.5 Å². The highest BCUT2D eigenvalue weighted by Crippen LogP contribution is 2.22. The molecule has 0 spiro atoms. The molecule has 1 rings (SSSR count). The summed E-state index contributed by atoms with van der Waals surface area (Å²) in [6.07, 6.45) is 28.2. The third kappa shape index (κ3) is 23.5. The van der Waals surface area contributed by atoms with Crippen LogP contribution in [0.15, 0.2) is 12.2 Å². The summed E-state index contributed by atoms with van der Waals surface area (Å²) in [4.78, 5) is 12.9. The highest BCUT2D eigenvalue weighted by molar-refractivity contribution is 5.76. The molecule has 7 atom stereocenters. The third-order valence-electron chi connectivity index (χ3n) is 10.1. The van der Waals surface area contributed by atoms with Gasteiger partial charge in [-0.05, 0) is 19.3 Å². The van der Waals surface area contributed by atoms with Crippen LogP contribution in [0.3, 0.4) is 0 Å². The first-order chi connectivity index (χ1) is 24.3. The van der Waals surface area contributed by atoms with E-state index in [4.69, 9.17) is 9.47 Å². The lowest BCUT2D eigenvalue weighted by Crippen LogP contribution is -2.60. The minimum atomic E-state index is -1.56. The molecule has 0 aromatic carbocycles.